The van der Waals surface area contributed by atoms with Gasteiger partial charge >= 0.3 is 0 Å². The fraction of sp³-hybridized carbons (Fsp3) is 0.250. The molecule has 1 saturated heterocycles. The van der Waals surface area contributed by atoms with Gasteiger partial charge in [0.1, 0.15) is 23.2 Å². The van der Waals surface area contributed by atoms with E-state index in [2.05, 4.69) is 17.0 Å². The molecule has 1 fully saturated rings. The van der Waals surface area contributed by atoms with Crippen LogP contribution in [0.4, 0.5) is 10.2 Å². The van der Waals surface area contributed by atoms with Gasteiger partial charge in [0.15, 0.2) is 5.65 Å². The van der Waals surface area contributed by atoms with Gasteiger partial charge in [0.25, 0.3) is 0 Å². The molecule has 2 aromatic heterocycles. The molecule has 0 aliphatic carbocycles. The molecule has 5 aromatic rings. The molecule has 0 saturated carbocycles. The van der Waals surface area contributed by atoms with Crippen LogP contribution in [0.3, 0.4) is 0 Å². The molecule has 1 amide bonds. The number of benzene rings is 3. The Morgan fingerprint density at radius 2 is 1.59 bits per heavy atom. The van der Waals surface area contributed by atoms with Gasteiger partial charge in [0.2, 0.25) is 5.91 Å². The third kappa shape index (κ3) is 5.61. The second-order valence-corrected chi connectivity index (χ2v) is 10.2. The zero-order valence-corrected chi connectivity index (χ0v) is 23.1. The maximum Gasteiger partial charge on any atom is 0.227 e. The molecular weight excluding hydrogens is 519 g/mol. The summed E-state index contributed by atoms with van der Waals surface area (Å²) in [5, 5.41) is 5.65. The van der Waals surface area contributed by atoms with Gasteiger partial charge in [0.05, 0.1) is 30.3 Å². The zero-order chi connectivity index (χ0) is 28.3. The lowest BCUT2D eigenvalue weighted by Gasteiger charge is -2.36. The number of carbonyl (C=O) groups is 1. The van der Waals surface area contributed by atoms with E-state index in [0.717, 1.165) is 39.5 Å². The Kier molecular flexibility index (Phi) is 7.33. The number of anilines is 1. The van der Waals surface area contributed by atoms with Crippen LogP contribution < -0.4 is 9.64 Å². The number of ether oxygens (including phenoxy) is 1. The van der Waals surface area contributed by atoms with Crippen molar-refractivity contribution in [1.29, 1.82) is 0 Å². The highest BCUT2D eigenvalue weighted by molar-refractivity contribution is 5.91. The molecule has 0 bridgehead atoms. The van der Waals surface area contributed by atoms with Crippen molar-refractivity contribution in [2.24, 2.45) is 0 Å². The molecule has 208 valence electrons. The Morgan fingerprint density at radius 1 is 0.878 bits per heavy atom. The van der Waals surface area contributed by atoms with Crippen molar-refractivity contribution in [3.05, 3.63) is 107 Å². The van der Waals surface area contributed by atoms with E-state index in [-0.39, 0.29) is 11.7 Å². The van der Waals surface area contributed by atoms with Crippen LogP contribution in [-0.2, 0) is 17.6 Å². The van der Waals surface area contributed by atoms with Gasteiger partial charge in [-0.05, 0) is 54.4 Å². The Bertz CT molecular complexity index is 1660. The van der Waals surface area contributed by atoms with E-state index in [1.54, 1.807) is 23.9 Å². The minimum absolute atomic E-state index is 0.104. The number of carbonyl (C=O) groups excluding carboxylic acids is 1. The van der Waals surface area contributed by atoms with E-state index >= 15 is 0 Å². The van der Waals surface area contributed by atoms with Crippen molar-refractivity contribution in [2.45, 2.75) is 19.8 Å². The third-order valence-corrected chi connectivity index (χ3v) is 7.45. The number of aryl methyl sites for hydroxylation is 1. The van der Waals surface area contributed by atoms with Gasteiger partial charge in [-0.25, -0.2) is 19.0 Å². The lowest BCUT2D eigenvalue weighted by molar-refractivity contribution is -0.130. The monoisotopic (exact) mass is 550 g/mol. The van der Waals surface area contributed by atoms with Gasteiger partial charge in [0, 0.05) is 32.6 Å². The molecule has 3 aromatic carbocycles. The lowest BCUT2D eigenvalue weighted by Crippen LogP contribution is -2.49. The minimum Gasteiger partial charge on any atom is -0.497 e. The Balaban J connectivity index is 1.29. The van der Waals surface area contributed by atoms with E-state index in [9.17, 15) is 9.18 Å². The number of methoxy groups -OCH3 is 1. The summed E-state index contributed by atoms with van der Waals surface area (Å²) in [6.45, 7) is 4.43. The van der Waals surface area contributed by atoms with Crippen molar-refractivity contribution < 1.29 is 13.9 Å². The standard InChI is InChI=1S/C32H31FN6O2/c1-22-30-31(38-18-16-37(17-19-38)29(40)21-24-8-14-27(41-2)15-9-24)34-28(20-23-6-4-3-5-7-23)35-32(30)39(36-22)26-12-10-25(33)11-13-26/h3-15H,16-21H2,1-2H3. The maximum absolute atomic E-state index is 13.7. The van der Waals surface area contributed by atoms with Crippen molar-refractivity contribution >= 4 is 22.8 Å². The number of halogens is 1. The van der Waals surface area contributed by atoms with Crippen LogP contribution in [0.25, 0.3) is 16.7 Å². The van der Waals surface area contributed by atoms with Crippen LogP contribution >= 0.6 is 0 Å². The zero-order valence-electron chi connectivity index (χ0n) is 23.1. The van der Waals surface area contributed by atoms with Crippen molar-refractivity contribution in [3.8, 4) is 11.4 Å². The summed E-state index contributed by atoms with van der Waals surface area (Å²) in [6, 6.07) is 24.0. The van der Waals surface area contributed by atoms with Gasteiger partial charge in [-0.15, -0.1) is 0 Å². The fourth-order valence-electron chi connectivity index (χ4n) is 5.25. The molecular formula is C32H31FN6O2. The number of aromatic nitrogens is 4. The average Bonchev–Trinajstić information content (AvgIpc) is 3.34. The highest BCUT2D eigenvalue weighted by Crippen LogP contribution is 2.30. The molecule has 0 unspecified atom stereocenters. The SMILES string of the molecule is COc1ccc(CC(=O)N2CCN(c3nc(Cc4ccccc4)nc4c3c(C)nn4-c3ccc(F)cc3)CC2)cc1. The predicted molar refractivity (Wildman–Crippen MR) is 156 cm³/mol. The summed E-state index contributed by atoms with van der Waals surface area (Å²) in [5.41, 5.74) is 4.28. The fourth-order valence-corrected chi connectivity index (χ4v) is 5.25. The third-order valence-electron chi connectivity index (χ3n) is 7.45. The first kappa shape index (κ1) is 26.4. The van der Waals surface area contributed by atoms with Crippen LogP contribution in [0, 0.1) is 12.7 Å². The first-order chi connectivity index (χ1) is 20.0. The Labute approximate surface area is 238 Å². The summed E-state index contributed by atoms with van der Waals surface area (Å²) in [6.07, 6.45) is 0.921. The highest BCUT2D eigenvalue weighted by atomic mass is 19.1. The number of nitrogens with zero attached hydrogens (tertiary/aromatic N) is 6. The Hall–Kier alpha value is -4.79. The number of hydrogen-bond donors (Lipinski definition) is 0. The topological polar surface area (TPSA) is 76.4 Å². The van der Waals surface area contributed by atoms with Crippen LogP contribution in [0.2, 0.25) is 0 Å². The molecule has 0 radical (unpaired) electrons. The quantitative estimate of drug-likeness (QED) is 0.291. The van der Waals surface area contributed by atoms with Gasteiger partial charge in [-0.3, -0.25) is 4.79 Å². The Morgan fingerprint density at radius 3 is 2.27 bits per heavy atom. The van der Waals surface area contributed by atoms with Crippen LogP contribution in [0.15, 0.2) is 78.9 Å². The molecule has 3 heterocycles. The average molecular weight is 551 g/mol. The minimum atomic E-state index is -0.304. The molecule has 9 heteroatoms. The number of piperazine rings is 1. The van der Waals surface area contributed by atoms with Crippen molar-refractivity contribution in [1.82, 2.24) is 24.6 Å². The normalized spacial score (nSPS) is 13.5. The molecule has 0 spiro atoms. The highest BCUT2D eigenvalue weighted by Gasteiger charge is 2.26. The summed E-state index contributed by atoms with van der Waals surface area (Å²) < 4.78 is 20.7. The van der Waals surface area contributed by atoms with Gasteiger partial charge < -0.3 is 14.5 Å². The predicted octanol–water partition coefficient (Wildman–Crippen LogP) is 4.75. The maximum atomic E-state index is 13.7. The van der Waals surface area contributed by atoms with Crippen molar-refractivity contribution in [2.75, 3.05) is 38.2 Å². The number of hydrogen-bond acceptors (Lipinski definition) is 6. The molecule has 8 nitrogen and oxygen atoms in total. The molecule has 41 heavy (non-hydrogen) atoms. The second-order valence-electron chi connectivity index (χ2n) is 10.2. The van der Waals surface area contributed by atoms with Crippen LogP contribution in [-0.4, -0.2) is 63.8 Å². The first-order valence-electron chi connectivity index (χ1n) is 13.7. The molecule has 1 aliphatic rings. The van der Waals surface area contributed by atoms with Crippen LogP contribution in [0.1, 0.15) is 22.6 Å². The van der Waals surface area contributed by atoms with Crippen LogP contribution in [0.5, 0.6) is 5.75 Å². The van der Waals surface area contributed by atoms with E-state index in [0.29, 0.717) is 50.5 Å². The summed E-state index contributed by atoms with van der Waals surface area (Å²) in [5.74, 6) is 2.07. The largest absolute Gasteiger partial charge is 0.497 e. The number of rotatable bonds is 7. The molecule has 0 atom stereocenters. The summed E-state index contributed by atoms with van der Waals surface area (Å²) >= 11 is 0. The van der Waals surface area contributed by atoms with Crippen molar-refractivity contribution in [3.63, 3.8) is 0 Å². The first-order valence-corrected chi connectivity index (χ1v) is 13.7. The summed E-state index contributed by atoms with van der Waals surface area (Å²) in [4.78, 5) is 27.2. The second kappa shape index (κ2) is 11.4. The number of fused-ring (bicyclic) bond motifs is 1. The molecule has 0 N–H and O–H groups in total. The van der Waals surface area contributed by atoms with E-state index in [1.165, 1.54) is 12.1 Å². The van der Waals surface area contributed by atoms with E-state index < -0.39 is 0 Å². The number of amides is 1. The van der Waals surface area contributed by atoms with E-state index in [1.807, 2.05) is 54.3 Å². The lowest BCUT2D eigenvalue weighted by atomic mass is 10.1. The van der Waals surface area contributed by atoms with Gasteiger partial charge in [-0.2, -0.15) is 5.10 Å². The molecule has 6 rings (SSSR count). The smallest absolute Gasteiger partial charge is 0.227 e. The van der Waals surface area contributed by atoms with Gasteiger partial charge in [-0.1, -0.05) is 42.5 Å². The summed E-state index contributed by atoms with van der Waals surface area (Å²) in [7, 11) is 1.63. The van der Waals surface area contributed by atoms with E-state index in [4.69, 9.17) is 19.8 Å². The molecule has 1 aliphatic heterocycles.